The minimum absolute atomic E-state index is 0.137. The fourth-order valence-electron chi connectivity index (χ4n) is 3.29. The van der Waals surface area contributed by atoms with Crippen molar-refractivity contribution < 1.29 is 9.53 Å². The van der Waals surface area contributed by atoms with Crippen LogP contribution in [0, 0.1) is 6.92 Å². The Bertz CT molecular complexity index is 1170. The summed E-state index contributed by atoms with van der Waals surface area (Å²) in [5.74, 6) is 1.41. The third kappa shape index (κ3) is 4.85. The maximum Gasteiger partial charge on any atom is 0.251 e. The summed E-state index contributed by atoms with van der Waals surface area (Å²) >= 11 is 0. The molecule has 0 saturated carbocycles. The van der Waals surface area contributed by atoms with Crippen LogP contribution >= 0.6 is 0 Å². The number of hydrogen-bond acceptors (Lipinski definition) is 6. The molecule has 0 radical (unpaired) electrons. The van der Waals surface area contributed by atoms with E-state index in [9.17, 15) is 4.79 Å². The molecular weight excluding hydrogens is 392 g/mol. The van der Waals surface area contributed by atoms with Crippen LogP contribution in [0.3, 0.4) is 0 Å². The Morgan fingerprint density at radius 1 is 1.19 bits per heavy atom. The first-order chi connectivity index (χ1) is 15.1. The van der Waals surface area contributed by atoms with Gasteiger partial charge in [0.15, 0.2) is 0 Å². The van der Waals surface area contributed by atoms with Crippen LogP contribution < -0.4 is 10.1 Å². The highest BCUT2D eigenvalue weighted by Crippen LogP contribution is 2.30. The number of ether oxygens (including phenoxy) is 1. The Kier molecular flexibility index (Phi) is 6.16. The molecule has 0 unspecified atom stereocenters. The number of aryl methyl sites for hydroxylation is 2. The Morgan fingerprint density at radius 2 is 2.10 bits per heavy atom. The first-order valence-electron chi connectivity index (χ1n) is 10.3. The van der Waals surface area contributed by atoms with Crippen molar-refractivity contribution in [2.75, 3.05) is 13.2 Å². The molecule has 0 aliphatic heterocycles. The molecule has 0 saturated heterocycles. The number of hydrogen-bond donors (Lipinski definition) is 2. The van der Waals surface area contributed by atoms with Gasteiger partial charge in [-0.15, -0.1) is 10.2 Å². The van der Waals surface area contributed by atoms with Gasteiger partial charge < -0.3 is 15.0 Å². The van der Waals surface area contributed by atoms with E-state index < -0.39 is 0 Å². The molecule has 0 fully saturated rings. The zero-order valence-corrected chi connectivity index (χ0v) is 17.6. The summed E-state index contributed by atoms with van der Waals surface area (Å²) in [6, 6.07) is 11.3. The lowest BCUT2D eigenvalue weighted by Gasteiger charge is -2.12. The fraction of sp³-hybridized carbons (Fsp3) is 0.261. The number of rotatable bonds is 8. The largest absolute Gasteiger partial charge is 0.493 e. The fourth-order valence-corrected chi connectivity index (χ4v) is 3.29. The summed E-state index contributed by atoms with van der Waals surface area (Å²) in [5.41, 5.74) is 3.86. The van der Waals surface area contributed by atoms with Crippen molar-refractivity contribution in [1.29, 1.82) is 0 Å². The van der Waals surface area contributed by atoms with Gasteiger partial charge in [0.05, 0.1) is 17.8 Å². The number of H-pyrrole nitrogens is 1. The van der Waals surface area contributed by atoms with Gasteiger partial charge in [0.1, 0.15) is 17.9 Å². The lowest BCUT2D eigenvalue weighted by atomic mass is 10.1. The minimum atomic E-state index is -0.137. The van der Waals surface area contributed by atoms with Crippen LogP contribution in [-0.2, 0) is 6.42 Å². The summed E-state index contributed by atoms with van der Waals surface area (Å²) < 4.78 is 5.85. The third-order valence-electron chi connectivity index (χ3n) is 4.88. The average Bonchev–Trinajstić information content (AvgIpc) is 3.30. The van der Waals surface area contributed by atoms with Crippen LogP contribution in [-0.4, -0.2) is 44.2 Å². The van der Waals surface area contributed by atoms with Gasteiger partial charge in [0.2, 0.25) is 0 Å². The number of amides is 1. The predicted molar refractivity (Wildman–Crippen MR) is 118 cm³/mol. The van der Waals surface area contributed by atoms with Gasteiger partial charge in [-0.05, 0) is 50.6 Å². The van der Waals surface area contributed by atoms with Gasteiger partial charge >= 0.3 is 0 Å². The lowest BCUT2D eigenvalue weighted by Crippen LogP contribution is -2.24. The number of aromatic amines is 1. The standard InChI is InChI=1S/C23H24N6O2/c1-3-31-21-12-19(17-7-6-15(2)25-13-17)28-20-11-16(8-9-18(20)21)23(30)24-10-4-5-22-26-14-27-29-22/h6-9,11-14H,3-5,10H2,1-2H3,(H,24,30)(H,26,27,29). The first kappa shape index (κ1) is 20.5. The normalized spacial score (nSPS) is 10.9. The van der Waals surface area contributed by atoms with Crippen LogP contribution in [0.4, 0.5) is 0 Å². The van der Waals surface area contributed by atoms with Crippen LogP contribution in [0.5, 0.6) is 5.75 Å². The van der Waals surface area contributed by atoms with Gasteiger partial charge in [-0.25, -0.2) is 4.98 Å². The summed E-state index contributed by atoms with van der Waals surface area (Å²) in [6.07, 6.45) is 4.84. The molecule has 8 nitrogen and oxygen atoms in total. The number of nitrogens with zero attached hydrogens (tertiary/aromatic N) is 4. The van der Waals surface area contributed by atoms with Crippen LogP contribution in [0.15, 0.2) is 48.9 Å². The minimum Gasteiger partial charge on any atom is -0.493 e. The van der Waals surface area contributed by atoms with E-state index in [4.69, 9.17) is 9.72 Å². The van der Waals surface area contributed by atoms with Crippen molar-refractivity contribution in [3.8, 4) is 17.0 Å². The van der Waals surface area contributed by atoms with Crippen LogP contribution in [0.1, 0.15) is 35.2 Å². The van der Waals surface area contributed by atoms with E-state index in [1.165, 1.54) is 0 Å². The van der Waals surface area contributed by atoms with Gasteiger partial charge in [-0.1, -0.05) is 0 Å². The van der Waals surface area contributed by atoms with E-state index in [0.717, 1.165) is 46.8 Å². The maximum absolute atomic E-state index is 12.6. The topological polar surface area (TPSA) is 106 Å². The Balaban J connectivity index is 1.56. The second kappa shape index (κ2) is 9.34. The van der Waals surface area contributed by atoms with E-state index in [1.807, 2.05) is 38.1 Å². The molecule has 3 heterocycles. The molecule has 3 aromatic heterocycles. The highest BCUT2D eigenvalue weighted by Gasteiger charge is 2.12. The summed E-state index contributed by atoms with van der Waals surface area (Å²) in [7, 11) is 0. The number of carbonyl (C=O) groups excluding carboxylic acids is 1. The molecule has 4 rings (SSSR count). The molecule has 0 aliphatic carbocycles. The quantitative estimate of drug-likeness (QED) is 0.426. The van der Waals surface area contributed by atoms with E-state index >= 15 is 0 Å². The smallest absolute Gasteiger partial charge is 0.251 e. The number of aromatic nitrogens is 5. The van der Waals surface area contributed by atoms with Gasteiger partial charge in [0.25, 0.3) is 5.91 Å². The van der Waals surface area contributed by atoms with E-state index in [-0.39, 0.29) is 5.91 Å². The zero-order valence-electron chi connectivity index (χ0n) is 17.6. The Labute approximate surface area is 180 Å². The van der Waals surface area contributed by atoms with Gasteiger partial charge in [-0.2, -0.15) is 0 Å². The van der Waals surface area contributed by atoms with Crippen LogP contribution in [0.25, 0.3) is 22.2 Å². The summed E-state index contributed by atoms with van der Waals surface area (Å²) in [5, 5.41) is 11.5. The number of pyridine rings is 2. The molecular formula is C23H24N6O2. The lowest BCUT2D eigenvalue weighted by molar-refractivity contribution is 0.0953. The summed E-state index contributed by atoms with van der Waals surface area (Å²) in [4.78, 5) is 24.7. The van der Waals surface area contributed by atoms with E-state index in [2.05, 4.69) is 25.5 Å². The third-order valence-corrected chi connectivity index (χ3v) is 4.88. The van der Waals surface area contributed by atoms with E-state index in [0.29, 0.717) is 24.2 Å². The zero-order chi connectivity index (χ0) is 21.6. The second-order valence-corrected chi connectivity index (χ2v) is 7.15. The monoisotopic (exact) mass is 416 g/mol. The van der Waals surface area contributed by atoms with Crippen molar-refractivity contribution in [1.82, 2.24) is 30.5 Å². The second-order valence-electron chi connectivity index (χ2n) is 7.15. The highest BCUT2D eigenvalue weighted by molar-refractivity contribution is 5.99. The SMILES string of the molecule is CCOc1cc(-c2ccc(C)nc2)nc2cc(C(=O)NCCCc3nnc[nH]3)ccc12. The molecule has 0 spiro atoms. The number of fused-ring (bicyclic) bond motifs is 1. The Morgan fingerprint density at radius 3 is 2.84 bits per heavy atom. The highest BCUT2D eigenvalue weighted by atomic mass is 16.5. The molecule has 1 aromatic carbocycles. The number of carbonyl (C=O) groups is 1. The maximum atomic E-state index is 12.6. The molecule has 0 atom stereocenters. The first-order valence-corrected chi connectivity index (χ1v) is 10.3. The average molecular weight is 416 g/mol. The number of benzene rings is 1. The van der Waals surface area contributed by atoms with E-state index in [1.54, 1.807) is 24.7 Å². The number of nitrogens with one attached hydrogen (secondary N) is 2. The van der Waals surface area contributed by atoms with Crippen molar-refractivity contribution in [3.63, 3.8) is 0 Å². The molecule has 0 aliphatic rings. The van der Waals surface area contributed by atoms with Crippen molar-refractivity contribution in [3.05, 3.63) is 66.0 Å². The van der Waals surface area contributed by atoms with Crippen LogP contribution in [0.2, 0.25) is 0 Å². The van der Waals surface area contributed by atoms with Crippen molar-refractivity contribution >= 4 is 16.8 Å². The molecule has 8 heteroatoms. The Hall–Kier alpha value is -3.81. The summed E-state index contributed by atoms with van der Waals surface area (Å²) in [6.45, 7) is 4.97. The predicted octanol–water partition coefficient (Wildman–Crippen LogP) is 3.48. The van der Waals surface area contributed by atoms with Gasteiger partial charge in [0, 0.05) is 47.4 Å². The molecule has 2 N–H and O–H groups in total. The molecule has 158 valence electrons. The van der Waals surface area contributed by atoms with Crippen molar-refractivity contribution in [2.45, 2.75) is 26.7 Å². The molecule has 1 amide bonds. The molecule has 31 heavy (non-hydrogen) atoms. The van der Waals surface area contributed by atoms with Gasteiger partial charge in [-0.3, -0.25) is 9.78 Å². The molecule has 4 aromatic rings. The molecule has 0 bridgehead atoms. The van der Waals surface area contributed by atoms with Crippen molar-refractivity contribution in [2.24, 2.45) is 0 Å².